The molecule has 2 rings (SSSR count). The van der Waals surface area contributed by atoms with E-state index in [9.17, 15) is 4.79 Å². The van der Waals surface area contributed by atoms with Crippen molar-refractivity contribution in [2.45, 2.75) is 20.4 Å². The summed E-state index contributed by atoms with van der Waals surface area (Å²) in [6, 6.07) is 5.29. The number of aromatic nitrogens is 1. The van der Waals surface area contributed by atoms with Crippen LogP contribution in [0.4, 0.5) is 0 Å². The van der Waals surface area contributed by atoms with Gasteiger partial charge in [-0.2, -0.15) is 0 Å². The minimum absolute atomic E-state index is 0.331. The number of hydrogen-bond acceptors (Lipinski definition) is 1. The molecule has 1 N–H and O–H groups in total. The first-order chi connectivity index (χ1) is 7.99. The Labute approximate surface area is 105 Å². The zero-order valence-corrected chi connectivity index (χ0v) is 10.5. The van der Waals surface area contributed by atoms with Gasteiger partial charge in [-0.05, 0) is 18.1 Å². The smallest absolute Gasteiger partial charge is 0.337 e. The number of rotatable bonds is 3. The molecule has 0 unspecified atom stereocenters. The van der Waals surface area contributed by atoms with Crippen molar-refractivity contribution in [1.29, 1.82) is 0 Å². The Bertz CT molecular complexity index is 572. The maximum Gasteiger partial charge on any atom is 0.337 e. The molecular weight excluding hydrogens is 238 g/mol. The van der Waals surface area contributed by atoms with Crippen molar-refractivity contribution in [2.75, 3.05) is 0 Å². The van der Waals surface area contributed by atoms with Gasteiger partial charge in [-0.3, -0.25) is 0 Å². The van der Waals surface area contributed by atoms with E-state index in [1.54, 1.807) is 18.3 Å². The predicted molar refractivity (Wildman–Crippen MR) is 68.7 cm³/mol. The molecule has 0 aliphatic rings. The number of fused-ring (bicyclic) bond motifs is 1. The fourth-order valence-electron chi connectivity index (χ4n) is 1.98. The zero-order chi connectivity index (χ0) is 12.6. The van der Waals surface area contributed by atoms with Crippen LogP contribution in [0.1, 0.15) is 24.2 Å². The van der Waals surface area contributed by atoms with Crippen molar-refractivity contribution < 1.29 is 9.90 Å². The number of benzene rings is 1. The number of carbonyl (C=O) groups is 1. The number of aromatic carboxylic acids is 1. The quantitative estimate of drug-likeness (QED) is 0.905. The van der Waals surface area contributed by atoms with Gasteiger partial charge in [-0.15, -0.1) is 0 Å². The number of carboxylic acid groups (broad SMARTS) is 1. The van der Waals surface area contributed by atoms with Crippen LogP contribution in [0.3, 0.4) is 0 Å². The number of carboxylic acids is 1. The molecule has 0 bridgehead atoms. The SMILES string of the molecule is CC(C)Cn1cc(C(=O)O)c2ccc(Cl)cc21. The highest BCUT2D eigenvalue weighted by Gasteiger charge is 2.14. The van der Waals surface area contributed by atoms with Crippen LogP contribution in [0.25, 0.3) is 10.9 Å². The molecule has 0 spiro atoms. The molecule has 1 aromatic heterocycles. The van der Waals surface area contributed by atoms with Crippen LogP contribution in [0, 0.1) is 5.92 Å². The van der Waals surface area contributed by atoms with Crippen LogP contribution in [0.2, 0.25) is 5.02 Å². The van der Waals surface area contributed by atoms with E-state index < -0.39 is 5.97 Å². The molecule has 90 valence electrons. The monoisotopic (exact) mass is 251 g/mol. The third kappa shape index (κ3) is 2.29. The van der Waals surface area contributed by atoms with Gasteiger partial charge in [-0.25, -0.2) is 4.79 Å². The molecule has 0 radical (unpaired) electrons. The fraction of sp³-hybridized carbons (Fsp3) is 0.308. The maximum atomic E-state index is 11.2. The van der Waals surface area contributed by atoms with Gasteiger partial charge < -0.3 is 9.67 Å². The minimum atomic E-state index is -0.903. The fourth-order valence-corrected chi connectivity index (χ4v) is 2.15. The lowest BCUT2D eigenvalue weighted by Crippen LogP contribution is -2.03. The summed E-state index contributed by atoms with van der Waals surface area (Å²) in [5, 5.41) is 10.5. The van der Waals surface area contributed by atoms with E-state index in [0.29, 0.717) is 16.5 Å². The minimum Gasteiger partial charge on any atom is -0.478 e. The largest absolute Gasteiger partial charge is 0.478 e. The van der Waals surface area contributed by atoms with Gasteiger partial charge in [0.2, 0.25) is 0 Å². The second-order valence-electron chi connectivity index (χ2n) is 4.56. The Morgan fingerprint density at radius 3 is 2.76 bits per heavy atom. The molecule has 17 heavy (non-hydrogen) atoms. The summed E-state index contributed by atoms with van der Waals surface area (Å²) < 4.78 is 1.95. The standard InChI is InChI=1S/C13H14ClNO2/c1-8(2)6-15-7-11(13(16)17)10-4-3-9(14)5-12(10)15/h3-5,7-8H,6H2,1-2H3,(H,16,17). The van der Waals surface area contributed by atoms with Gasteiger partial charge in [0.05, 0.1) is 11.1 Å². The van der Waals surface area contributed by atoms with Crippen LogP contribution in [-0.2, 0) is 6.54 Å². The zero-order valence-electron chi connectivity index (χ0n) is 9.77. The topological polar surface area (TPSA) is 42.2 Å². The van der Waals surface area contributed by atoms with Crippen LogP contribution >= 0.6 is 11.6 Å². The van der Waals surface area contributed by atoms with E-state index in [4.69, 9.17) is 16.7 Å². The summed E-state index contributed by atoms with van der Waals surface area (Å²) in [4.78, 5) is 11.2. The molecule has 0 atom stereocenters. The molecule has 2 aromatic rings. The average Bonchev–Trinajstić information content (AvgIpc) is 2.56. The highest BCUT2D eigenvalue weighted by Crippen LogP contribution is 2.25. The summed E-state index contributed by atoms with van der Waals surface area (Å²) in [6.45, 7) is 4.97. The number of nitrogens with zero attached hydrogens (tertiary/aromatic N) is 1. The van der Waals surface area contributed by atoms with Gasteiger partial charge in [0.1, 0.15) is 0 Å². The first-order valence-electron chi connectivity index (χ1n) is 5.50. The normalized spacial score (nSPS) is 11.3. The van der Waals surface area contributed by atoms with Crippen molar-refractivity contribution in [3.8, 4) is 0 Å². The predicted octanol–water partition coefficient (Wildman–Crippen LogP) is 3.65. The van der Waals surface area contributed by atoms with Crippen LogP contribution < -0.4 is 0 Å². The van der Waals surface area contributed by atoms with Gasteiger partial charge >= 0.3 is 5.97 Å². The van der Waals surface area contributed by atoms with Crippen molar-refractivity contribution in [3.05, 3.63) is 35.0 Å². The van der Waals surface area contributed by atoms with E-state index in [2.05, 4.69) is 13.8 Å². The highest BCUT2D eigenvalue weighted by atomic mass is 35.5. The molecule has 0 amide bonds. The van der Waals surface area contributed by atoms with Crippen LogP contribution in [0.5, 0.6) is 0 Å². The first kappa shape index (κ1) is 12.0. The van der Waals surface area contributed by atoms with Crippen molar-refractivity contribution in [2.24, 2.45) is 5.92 Å². The molecule has 1 heterocycles. The Morgan fingerprint density at radius 1 is 1.47 bits per heavy atom. The Hall–Kier alpha value is -1.48. The van der Waals surface area contributed by atoms with Crippen LogP contribution in [-0.4, -0.2) is 15.6 Å². The van der Waals surface area contributed by atoms with E-state index in [1.807, 2.05) is 10.6 Å². The third-order valence-electron chi connectivity index (χ3n) is 2.64. The lowest BCUT2D eigenvalue weighted by Gasteiger charge is -2.07. The van der Waals surface area contributed by atoms with Gasteiger partial charge in [-0.1, -0.05) is 31.5 Å². The Morgan fingerprint density at radius 2 is 2.18 bits per heavy atom. The summed E-state index contributed by atoms with van der Waals surface area (Å²) in [5.74, 6) is -0.453. The maximum absolute atomic E-state index is 11.2. The lowest BCUT2D eigenvalue weighted by atomic mass is 10.2. The molecule has 3 nitrogen and oxygen atoms in total. The van der Waals surface area contributed by atoms with Gasteiger partial charge in [0.25, 0.3) is 0 Å². The molecule has 0 fully saturated rings. The highest BCUT2D eigenvalue weighted by molar-refractivity contribution is 6.31. The second kappa shape index (κ2) is 4.41. The van der Waals surface area contributed by atoms with Crippen molar-refractivity contribution in [1.82, 2.24) is 4.57 Å². The summed E-state index contributed by atoms with van der Waals surface area (Å²) in [7, 11) is 0. The molecule has 0 saturated carbocycles. The summed E-state index contributed by atoms with van der Waals surface area (Å²) in [5.41, 5.74) is 1.21. The third-order valence-corrected chi connectivity index (χ3v) is 2.87. The van der Waals surface area contributed by atoms with Crippen LogP contribution in [0.15, 0.2) is 24.4 Å². The van der Waals surface area contributed by atoms with E-state index >= 15 is 0 Å². The van der Waals surface area contributed by atoms with E-state index in [1.165, 1.54) is 0 Å². The van der Waals surface area contributed by atoms with Gasteiger partial charge in [0, 0.05) is 23.2 Å². The van der Waals surface area contributed by atoms with Crippen molar-refractivity contribution in [3.63, 3.8) is 0 Å². The molecule has 1 aromatic carbocycles. The van der Waals surface area contributed by atoms with E-state index in [-0.39, 0.29) is 0 Å². The Kier molecular flexibility index (Phi) is 3.11. The van der Waals surface area contributed by atoms with E-state index in [0.717, 1.165) is 17.4 Å². The molecule has 0 saturated heterocycles. The molecule has 4 heteroatoms. The molecular formula is C13H14ClNO2. The molecule has 0 aliphatic heterocycles. The first-order valence-corrected chi connectivity index (χ1v) is 5.88. The number of halogens is 1. The summed E-state index contributed by atoms with van der Waals surface area (Å²) >= 11 is 5.96. The van der Waals surface area contributed by atoms with Crippen molar-refractivity contribution >= 4 is 28.5 Å². The molecule has 0 aliphatic carbocycles. The summed E-state index contributed by atoms with van der Waals surface area (Å²) in [6.07, 6.45) is 1.68. The van der Waals surface area contributed by atoms with Gasteiger partial charge in [0.15, 0.2) is 0 Å². The second-order valence-corrected chi connectivity index (χ2v) is 4.99. The number of hydrogen-bond donors (Lipinski definition) is 1. The average molecular weight is 252 g/mol. The lowest BCUT2D eigenvalue weighted by molar-refractivity contribution is 0.0698. The Balaban J connectivity index is 2.66.